The van der Waals surface area contributed by atoms with Gasteiger partial charge in [-0.15, -0.1) is 19.9 Å². The molecule has 2 heteroatoms. The predicted octanol–water partition coefficient (Wildman–Crippen LogP) is 4.86. The maximum atomic E-state index is 2.27. The van der Waals surface area contributed by atoms with E-state index in [-0.39, 0.29) is 0 Å². The van der Waals surface area contributed by atoms with Crippen molar-refractivity contribution in [2.24, 2.45) is 0 Å². The van der Waals surface area contributed by atoms with Gasteiger partial charge < -0.3 is 0 Å². The third-order valence-electron chi connectivity index (χ3n) is 2.85. The molecule has 0 spiro atoms. The largest absolute Gasteiger partial charge is 0.135 e. The summed E-state index contributed by atoms with van der Waals surface area (Å²) in [5.41, 5.74) is 1.51. The molecule has 0 N–H and O–H groups in total. The molecule has 2 aromatic carbocycles. The van der Waals surface area contributed by atoms with Gasteiger partial charge in [-0.1, -0.05) is 36.4 Å². The van der Waals surface area contributed by atoms with Crippen molar-refractivity contribution in [3.05, 3.63) is 48.0 Å². The molecule has 0 amide bonds. The average molecular weight is 244 g/mol. The highest BCUT2D eigenvalue weighted by molar-refractivity contribution is 7.36. The van der Waals surface area contributed by atoms with Crippen LogP contribution in [0.4, 0.5) is 0 Å². The Kier molecular flexibility index (Phi) is 2.67. The van der Waals surface area contributed by atoms with E-state index in [0.717, 1.165) is 8.58 Å². The smallest absolute Gasteiger partial charge is 0.0390 e. The van der Waals surface area contributed by atoms with Crippen LogP contribution in [-0.4, -0.2) is 6.66 Å². The first-order valence-corrected chi connectivity index (χ1v) is 7.96. The quantitative estimate of drug-likeness (QED) is 0.564. The molecule has 1 aromatic heterocycles. The van der Waals surface area contributed by atoms with E-state index in [4.69, 9.17) is 0 Å². The molecule has 0 radical (unpaired) electrons. The molecule has 0 aliphatic heterocycles. The van der Waals surface area contributed by atoms with Crippen molar-refractivity contribution < 1.29 is 0 Å². The summed E-state index contributed by atoms with van der Waals surface area (Å²) >= 11 is 1.93. The molecule has 0 nitrogen and oxygen atoms in total. The van der Waals surface area contributed by atoms with E-state index in [9.17, 15) is 0 Å². The lowest BCUT2D eigenvalue weighted by atomic mass is 10.1. The summed E-state index contributed by atoms with van der Waals surface area (Å²) in [5.74, 6) is 0. The normalized spacial score (nSPS) is 12.1. The van der Waals surface area contributed by atoms with Crippen molar-refractivity contribution in [3.63, 3.8) is 0 Å². The van der Waals surface area contributed by atoms with Gasteiger partial charge in [0.15, 0.2) is 0 Å². The van der Waals surface area contributed by atoms with Crippen LogP contribution < -0.4 is 0 Å². The van der Waals surface area contributed by atoms with Crippen LogP contribution in [0.15, 0.2) is 42.5 Å². The van der Waals surface area contributed by atoms with Crippen molar-refractivity contribution in [1.82, 2.24) is 0 Å². The highest BCUT2D eigenvalue weighted by atomic mass is 32.1. The Labute approximate surface area is 101 Å². The zero-order chi connectivity index (χ0) is 11.0. The first-order valence-electron chi connectivity index (χ1n) is 5.44. The molecule has 1 unspecified atom stereocenters. The summed E-state index contributed by atoms with van der Waals surface area (Å²) in [5, 5.41) is 2.83. The highest BCUT2D eigenvalue weighted by Crippen LogP contribution is 2.36. The lowest BCUT2D eigenvalue weighted by Crippen LogP contribution is -1.77. The van der Waals surface area contributed by atoms with Gasteiger partial charge in [0.2, 0.25) is 0 Å². The molecule has 1 heterocycles. The van der Waals surface area contributed by atoms with E-state index >= 15 is 0 Å². The fourth-order valence-electron chi connectivity index (χ4n) is 2.14. The maximum Gasteiger partial charge on any atom is 0.0390 e. The highest BCUT2D eigenvalue weighted by Gasteiger charge is 2.06. The lowest BCUT2D eigenvalue weighted by molar-refractivity contribution is 1.48. The summed E-state index contributed by atoms with van der Waals surface area (Å²) in [4.78, 5) is 0. The first kappa shape index (κ1) is 10.3. The van der Waals surface area contributed by atoms with Crippen molar-refractivity contribution in [3.8, 4) is 0 Å². The van der Waals surface area contributed by atoms with E-state index in [1.807, 2.05) is 11.3 Å². The zero-order valence-electron chi connectivity index (χ0n) is 9.16. The molecule has 1 atom stereocenters. The van der Waals surface area contributed by atoms with Crippen LogP contribution in [0.25, 0.3) is 20.2 Å². The van der Waals surface area contributed by atoms with Gasteiger partial charge in [0, 0.05) is 20.2 Å². The number of hydrogen-bond donors (Lipinski definition) is 0. The summed E-state index contributed by atoms with van der Waals surface area (Å²) in [7, 11) is 0.992. The summed E-state index contributed by atoms with van der Waals surface area (Å²) < 4.78 is 2.89. The number of thiophene rings is 1. The molecule has 0 aliphatic carbocycles. The van der Waals surface area contributed by atoms with Crippen LogP contribution in [-0.2, 0) is 6.16 Å². The molecular weight excluding hydrogens is 231 g/mol. The Bertz CT molecular complexity index is 639. The van der Waals surface area contributed by atoms with Crippen molar-refractivity contribution in [2.45, 2.75) is 6.16 Å². The van der Waals surface area contributed by atoms with E-state index in [1.165, 1.54) is 31.9 Å². The van der Waals surface area contributed by atoms with Crippen molar-refractivity contribution in [1.29, 1.82) is 0 Å². The first-order chi connectivity index (χ1) is 7.90. The Morgan fingerprint density at radius 2 is 1.81 bits per heavy atom. The van der Waals surface area contributed by atoms with E-state index in [2.05, 4.69) is 49.1 Å². The molecule has 0 saturated carbocycles. The van der Waals surface area contributed by atoms with Gasteiger partial charge >= 0.3 is 0 Å². The van der Waals surface area contributed by atoms with E-state index in [1.54, 1.807) is 0 Å². The molecule has 80 valence electrons. The van der Waals surface area contributed by atoms with Gasteiger partial charge in [0.25, 0.3) is 0 Å². The topological polar surface area (TPSA) is 0 Å². The van der Waals surface area contributed by atoms with Gasteiger partial charge in [0.1, 0.15) is 0 Å². The minimum Gasteiger partial charge on any atom is -0.135 e. The second-order valence-corrected chi connectivity index (χ2v) is 6.04. The fourth-order valence-corrected chi connectivity index (χ4v) is 4.15. The number of rotatable bonds is 2. The van der Waals surface area contributed by atoms with Gasteiger partial charge in [-0.2, -0.15) is 0 Å². The standard InChI is InChI=1S/C14H13PS/c1-15-9-10-5-4-7-12-11-6-2-3-8-13(11)16-14(10)12/h2-8,15H,9H2,1H3. The Hall–Kier alpha value is -0.910. The third-order valence-corrected chi connectivity index (χ3v) is 4.85. The Morgan fingerprint density at radius 1 is 1.00 bits per heavy atom. The molecular formula is C14H13PS. The second kappa shape index (κ2) is 4.16. The molecule has 3 aromatic rings. The molecule has 16 heavy (non-hydrogen) atoms. The molecule has 0 bridgehead atoms. The van der Waals surface area contributed by atoms with Crippen LogP contribution in [0.3, 0.4) is 0 Å². The van der Waals surface area contributed by atoms with Gasteiger partial charge in [-0.3, -0.25) is 0 Å². The van der Waals surface area contributed by atoms with Crippen molar-refractivity contribution in [2.75, 3.05) is 6.66 Å². The average Bonchev–Trinajstić information content (AvgIpc) is 2.69. The third kappa shape index (κ3) is 1.55. The molecule has 0 aliphatic rings. The SMILES string of the molecule is CPCc1cccc2c1sc1ccccc12. The lowest BCUT2D eigenvalue weighted by Gasteiger charge is -1.99. The fraction of sp³-hybridized carbons (Fsp3) is 0.143. The van der Waals surface area contributed by atoms with Gasteiger partial charge in [-0.25, -0.2) is 0 Å². The van der Waals surface area contributed by atoms with Gasteiger partial charge in [0.05, 0.1) is 0 Å². The summed E-state index contributed by atoms with van der Waals surface area (Å²) in [6, 6.07) is 15.4. The van der Waals surface area contributed by atoms with Crippen molar-refractivity contribution >= 4 is 40.1 Å². The number of hydrogen-bond acceptors (Lipinski definition) is 1. The van der Waals surface area contributed by atoms with Gasteiger partial charge in [-0.05, 0) is 24.5 Å². The van der Waals surface area contributed by atoms with E-state index in [0.29, 0.717) is 0 Å². The maximum absolute atomic E-state index is 2.27. The Balaban J connectivity index is 2.39. The minimum absolute atomic E-state index is 0.992. The predicted molar refractivity (Wildman–Crippen MR) is 77.3 cm³/mol. The van der Waals surface area contributed by atoms with Crippen LogP contribution in [0, 0.1) is 0 Å². The minimum atomic E-state index is 0.992. The van der Waals surface area contributed by atoms with Crippen LogP contribution >= 0.6 is 19.9 Å². The van der Waals surface area contributed by atoms with Crippen LogP contribution in [0.1, 0.15) is 5.56 Å². The van der Waals surface area contributed by atoms with E-state index < -0.39 is 0 Å². The number of fused-ring (bicyclic) bond motifs is 3. The number of benzene rings is 2. The monoisotopic (exact) mass is 244 g/mol. The van der Waals surface area contributed by atoms with Crippen LogP contribution in [0.2, 0.25) is 0 Å². The zero-order valence-corrected chi connectivity index (χ0v) is 11.0. The molecule has 0 saturated heterocycles. The Morgan fingerprint density at radius 3 is 2.69 bits per heavy atom. The molecule has 0 fully saturated rings. The molecule has 3 rings (SSSR count). The summed E-state index contributed by atoms with van der Waals surface area (Å²) in [6.07, 6.45) is 1.21. The summed E-state index contributed by atoms with van der Waals surface area (Å²) in [6.45, 7) is 2.27. The second-order valence-electron chi connectivity index (χ2n) is 3.92. The van der Waals surface area contributed by atoms with Crippen LogP contribution in [0.5, 0.6) is 0 Å².